The average molecular weight is 434 g/mol. The molecule has 2 amide bonds. The Kier molecular flexibility index (Phi) is 5.82. The zero-order valence-electron chi connectivity index (χ0n) is 15.9. The number of nitrogens with one attached hydrogen (secondary N) is 2. The van der Waals surface area contributed by atoms with E-state index in [1.54, 1.807) is 30.1 Å². The van der Waals surface area contributed by atoms with Gasteiger partial charge in [0.1, 0.15) is 22.0 Å². The zero-order valence-corrected chi connectivity index (χ0v) is 17.5. The lowest BCUT2D eigenvalue weighted by molar-refractivity contribution is 0.244. The molecule has 2 aromatic heterocycles. The summed E-state index contributed by atoms with van der Waals surface area (Å²) in [4.78, 5) is 23.5. The first-order valence-corrected chi connectivity index (χ1v) is 10.7. The van der Waals surface area contributed by atoms with Crippen LogP contribution in [0.15, 0.2) is 30.3 Å². The Labute approximate surface area is 177 Å². The highest BCUT2D eigenvalue weighted by Gasteiger charge is 2.17. The third-order valence-electron chi connectivity index (χ3n) is 5.02. The van der Waals surface area contributed by atoms with Crippen LogP contribution in [0.5, 0.6) is 0 Å². The molecule has 9 heteroatoms. The summed E-state index contributed by atoms with van der Waals surface area (Å²) in [7, 11) is 1.73. The van der Waals surface area contributed by atoms with Crippen molar-refractivity contribution in [3.8, 4) is 0 Å². The number of benzene rings is 1. The lowest BCUT2D eigenvalue weighted by atomic mass is 9.96. The van der Waals surface area contributed by atoms with Gasteiger partial charge in [-0.15, -0.1) is 0 Å². The minimum absolute atomic E-state index is 0.228. The van der Waals surface area contributed by atoms with Gasteiger partial charge >= 0.3 is 6.03 Å². The molecule has 4 rings (SSSR count). The molecular formula is C20H21ClFN5OS. The van der Waals surface area contributed by atoms with Crippen LogP contribution in [0.25, 0.3) is 10.3 Å². The molecule has 0 spiro atoms. The molecule has 2 heterocycles. The Morgan fingerprint density at radius 1 is 1.21 bits per heavy atom. The molecule has 0 bridgehead atoms. The monoisotopic (exact) mass is 433 g/mol. The van der Waals surface area contributed by atoms with Crippen LogP contribution in [-0.2, 0) is 0 Å². The first-order chi connectivity index (χ1) is 14.0. The van der Waals surface area contributed by atoms with Crippen LogP contribution in [-0.4, -0.2) is 29.1 Å². The summed E-state index contributed by atoms with van der Waals surface area (Å²) in [5.41, 5.74) is 1.05. The van der Waals surface area contributed by atoms with E-state index < -0.39 is 5.82 Å². The minimum atomic E-state index is -0.423. The van der Waals surface area contributed by atoms with Gasteiger partial charge in [-0.3, -0.25) is 5.32 Å². The SMILES string of the molecule is CN(c1ccc2nc(NC(=O)NC3CCCCC3)sc2n1)c1ccc(Cl)cc1F. The lowest BCUT2D eigenvalue weighted by Crippen LogP contribution is -2.38. The highest BCUT2D eigenvalue weighted by molar-refractivity contribution is 7.22. The van der Waals surface area contributed by atoms with E-state index in [1.807, 2.05) is 6.07 Å². The van der Waals surface area contributed by atoms with Gasteiger partial charge in [0.25, 0.3) is 0 Å². The van der Waals surface area contributed by atoms with Crippen LogP contribution < -0.4 is 15.5 Å². The van der Waals surface area contributed by atoms with E-state index >= 15 is 0 Å². The number of thiazole rings is 1. The van der Waals surface area contributed by atoms with Gasteiger partial charge in [-0.25, -0.2) is 19.2 Å². The number of hydrogen-bond acceptors (Lipinski definition) is 5. The van der Waals surface area contributed by atoms with E-state index in [4.69, 9.17) is 11.6 Å². The Hall–Kier alpha value is -2.45. The molecule has 0 aliphatic heterocycles. The highest BCUT2D eigenvalue weighted by Crippen LogP contribution is 2.31. The molecular weight excluding hydrogens is 413 g/mol. The van der Waals surface area contributed by atoms with E-state index in [0.717, 1.165) is 25.7 Å². The molecule has 1 saturated carbocycles. The summed E-state index contributed by atoms with van der Waals surface area (Å²) < 4.78 is 14.2. The molecule has 1 aromatic carbocycles. The van der Waals surface area contributed by atoms with Crippen molar-refractivity contribution in [3.05, 3.63) is 41.2 Å². The first-order valence-electron chi connectivity index (χ1n) is 9.53. The van der Waals surface area contributed by atoms with Crippen molar-refractivity contribution in [2.45, 2.75) is 38.1 Å². The number of anilines is 3. The molecule has 1 fully saturated rings. The van der Waals surface area contributed by atoms with Crippen LogP contribution in [0.2, 0.25) is 5.02 Å². The standard InChI is InChI=1S/C20H21ClFN5OS/c1-27(16-9-7-12(21)11-14(16)22)17-10-8-15-18(25-17)29-20(24-15)26-19(28)23-13-5-3-2-4-6-13/h7-11,13H,2-6H2,1H3,(H2,23,24,26,28). The lowest BCUT2D eigenvalue weighted by Gasteiger charge is -2.22. The van der Waals surface area contributed by atoms with E-state index in [2.05, 4.69) is 20.6 Å². The quantitative estimate of drug-likeness (QED) is 0.553. The maximum atomic E-state index is 14.2. The maximum Gasteiger partial charge on any atom is 0.321 e. The first kappa shape index (κ1) is 19.8. The van der Waals surface area contributed by atoms with E-state index in [9.17, 15) is 9.18 Å². The van der Waals surface area contributed by atoms with Crippen molar-refractivity contribution in [2.24, 2.45) is 0 Å². The number of nitrogens with zero attached hydrogens (tertiary/aromatic N) is 3. The van der Waals surface area contributed by atoms with Gasteiger partial charge in [0.2, 0.25) is 0 Å². The molecule has 2 N–H and O–H groups in total. The van der Waals surface area contributed by atoms with E-state index in [1.165, 1.54) is 23.8 Å². The molecule has 0 radical (unpaired) electrons. The highest BCUT2D eigenvalue weighted by atomic mass is 35.5. The average Bonchev–Trinajstić information content (AvgIpc) is 3.09. The molecule has 3 aromatic rings. The number of carbonyl (C=O) groups is 1. The fraction of sp³-hybridized carbons (Fsp3) is 0.350. The van der Waals surface area contributed by atoms with Crippen molar-refractivity contribution >= 4 is 56.0 Å². The van der Waals surface area contributed by atoms with Gasteiger partial charge in [0, 0.05) is 18.1 Å². The summed E-state index contributed by atoms with van der Waals surface area (Å²) in [6.45, 7) is 0. The number of aromatic nitrogens is 2. The number of urea groups is 1. The molecule has 6 nitrogen and oxygen atoms in total. The Bertz CT molecular complexity index is 1040. The molecule has 1 aliphatic rings. The number of fused-ring (bicyclic) bond motifs is 1. The van der Waals surface area contributed by atoms with Crippen molar-refractivity contribution in [1.29, 1.82) is 0 Å². The maximum absolute atomic E-state index is 14.2. The summed E-state index contributed by atoms with van der Waals surface area (Å²) in [6, 6.07) is 8.08. The van der Waals surface area contributed by atoms with Crippen LogP contribution in [0, 0.1) is 5.82 Å². The largest absolute Gasteiger partial charge is 0.335 e. The minimum Gasteiger partial charge on any atom is -0.335 e. The van der Waals surface area contributed by atoms with Gasteiger partial charge < -0.3 is 10.2 Å². The molecule has 1 aliphatic carbocycles. The van der Waals surface area contributed by atoms with Gasteiger partial charge in [-0.1, -0.05) is 42.2 Å². The predicted octanol–water partition coefficient (Wildman–Crippen LogP) is 5.71. The van der Waals surface area contributed by atoms with E-state index in [-0.39, 0.29) is 12.1 Å². The number of hydrogen-bond donors (Lipinski definition) is 2. The van der Waals surface area contributed by atoms with Crippen molar-refractivity contribution < 1.29 is 9.18 Å². The third-order valence-corrected chi connectivity index (χ3v) is 6.13. The van der Waals surface area contributed by atoms with Gasteiger partial charge in [-0.2, -0.15) is 0 Å². The Balaban J connectivity index is 1.49. The van der Waals surface area contributed by atoms with Crippen molar-refractivity contribution in [3.63, 3.8) is 0 Å². The zero-order chi connectivity index (χ0) is 20.4. The Morgan fingerprint density at radius 2 is 2.00 bits per heavy atom. The second-order valence-corrected chi connectivity index (χ2v) is 8.51. The molecule has 0 unspecified atom stereocenters. The van der Waals surface area contributed by atoms with Crippen LogP contribution in [0.1, 0.15) is 32.1 Å². The number of carbonyl (C=O) groups excluding carboxylic acids is 1. The van der Waals surface area contributed by atoms with Crippen LogP contribution >= 0.6 is 22.9 Å². The van der Waals surface area contributed by atoms with Gasteiger partial charge in [0.05, 0.1) is 5.69 Å². The number of rotatable bonds is 4. The number of amides is 2. The van der Waals surface area contributed by atoms with Crippen LogP contribution in [0.3, 0.4) is 0 Å². The second kappa shape index (κ2) is 8.51. The third kappa shape index (κ3) is 4.59. The summed E-state index contributed by atoms with van der Waals surface area (Å²) in [5, 5.41) is 6.64. The smallest absolute Gasteiger partial charge is 0.321 e. The Morgan fingerprint density at radius 3 is 2.76 bits per heavy atom. The summed E-state index contributed by atoms with van der Waals surface area (Å²) in [5.74, 6) is 0.147. The fourth-order valence-corrected chi connectivity index (χ4v) is 4.48. The summed E-state index contributed by atoms with van der Waals surface area (Å²) >= 11 is 7.12. The fourth-order valence-electron chi connectivity index (χ4n) is 3.49. The molecule has 0 atom stereocenters. The van der Waals surface area contributed by atoms with Gasteiger partial charge in [0.15, 0.2) is 5.13 Å². The normalized spacial score (nSPS) is 14.7. The van der Waals surface area contributed by atoms with Crippen LogP contribution in [0.4, 0.5) is 25.8 Å². The number of pyridine rings is 1. The van der Waals surface area contributed by atoms with Crippen molar-refractivity contribution in [2.75, 3.05) is 17.3 Å². The van der Waals surface area contributed by atoms with Gasteiger partial charge in [-0.05, 0) is 43.2 Å². The molecule has 0 saturated heterocycles. The predicted molar refractivity (Wildman–Crippen MR) is 116 cm³/mol. The molecule has 29 heavy (non-hydrogen) atoms. The number of halogens is 2. The van der Waals surface area contributed by atoms with E-state index in [0.29, 0.717) is 32.0 Å². The second-order valence-electron chi connectivity index (χ2n) is 7.10. The van der Waals surface area contributed by atoms with Crippen molar-refractivity contribution in [1.82, 2.24) is 15.3 Å². The summed E-state index contributed by atoms with van der Waals surface area (Å²) in [6.07, 6.45) is 5.58. The molecule has 152 valence electrons. The topological polar surface area (TPSA) is 70.2 Å².